The van der Waals surface area contributed by atoms with E-state index in [1.54, 1.807) is 28.9 Å². The molecule has 1 fully saturated rings. The van der Waals surface area contributed by atoms with Gasteiger partial charge in [0.15, 0.2) is 11.5 Å². The number of carboxylic acid groups (broad SMARTS) is 1. The number of nitriles is 1. The first kappa shape index (κ1) is 27.8. The van der Waals surface area contributed by atoms with E-state index in [1.165, 1.54) is 6.33 Å². The molecule has 0 saturated heterocycles. The van der Waals surface area contributed by atoms with Gasteiger partial charge in [-0.2, -0.15) is 23.5 Å². The van der Waals surface area contributed by atoms with E-state index in [1.807, 2.05) is 6.92 Å². The molecule has 4 N–H and O–H groups in total. The number of nitrogens with one attached hydrogen (secondary N) is 1. The third kappa shape index (κ3) is 6.71. The van der Waals surface area contributed by atoms with E-state index in [2.05, 4.69) is 25.9 Å². The maximum absolute atomic E-state index is 13.0. The Balaban J connectivity index is 0.000000479. The van der Waals surface area contributed by atoms with E-state index in [0.29, 0.717) is 29.2 Å². The maximum Gasteiger partial charge on any atom is 0.490 e. The zero-order chi connectivity index (χ0) is 27.4. The highest BCUT2D eigenvalue weighted by Gasteiger charge is 2.38. The minimum absolute atomic E-state index is 0.113. The number of imidazole rings is 1. The van der Waals surface area contributed by atoms with Gasteiger partial charge in [-0.1, -0.05) is 6.07 Å². The molecule has 15 heteroatoms. The first-order chi connectivity index (χ1) is 17.3. The van der Waals surface area contributed by atoms with Gasteiger partial charge in [-0.15, -0.1) is 0 Å². The van der Waals surface area contributed by atoms with Gasteiger partial charge in [0.25, 0.3) is 0 Å². The lowest BCUT2D eigenvalue weighted by molar-refractivity contribution is -0.192. The summed E-state index contributed by atoms with van der Waals surface area (Å²) in [7, 11) is -3.68. The highest BCUT2D eigenvalue weighted by molar-refractivity contribution is 7.89. The summed E-state index contributed by atoms with van der Waals surface area (Å²) < 4.78 is 62.2. The Morgan fingerprint density at radius 3 is 2.51 bits per heavy atom. The van der Waals surface area contributed by atoms with Gasteiger partial charge in [-0.3, -0.25) is 0 Å². The van der Waals surface area contributed by atoms with E-state index in [4.69, 9.17) is 20.9 Å². The van der Waals surface area contributed by atoms with E-state index in [-0.39, 0.29) is 16.8 Å². The number of aliphatic carboxylic acids is 1. The van der Waals surface area contributed by atoms with Gasteiger partial charge in [0, 0.05) is 18.0 Å². The lowest BCUT2D eigenvalue weighted by Crippen LogP contribution is -2.37. The van der Waals surface area contributed by atoms with Crippen LogP contribution in [0.5, 0.6) is 0 Å². The van der Waals surface area contributed by atoms with E-state index in [0.717, 1.165) is 31.2 Å². The van der Waals surface area contributed by atoms with Crippen LogP contribution >= 0.6 is 0 Å². The normalized spacial score (nSPS) is 18.0. The minimum Gasteiger partial charge on any atom is -0.475 e. The first-order valence-electron chi connectivity index (χ1n) is 11.1. The second-order valence-corrected chi connectivity index (χ2v) is 10.2. The molecule has 3 aromatic rings. The van der Waals surface area contributed by atoms with Crippen molar-refractivity contribution in [3.05, 3.63) is 36.3 Å². The van der Waals surface area contributed by atoms with Crippen molar-refractivity contribution in [3.63, 3.8) is 0 Å². The summed E-state index contributed by atoms with van der Waals surface area (Å²) >= 11 is 0. The molecule has 1 saturated carbocycles. The molecule has 1 aliphatic rings. The Morgan fingerprint density at radius 1 is 1.27 bits per heavy atom. The molecule has 0 aliphatic heterocycles. The molecule has 1 aliphatic carbocycles. The fourth-order valence-corrected chi connectivity index (χ4v) is 5.29. The van der Waals surface area contributed by atoms with Gasteiger partial charge in [-0.05, 0) is 56.2 Å². The standard InChI is InChI=1S/C20H23N7O2S.C2HF3O2/c1-13-2-7-16(30(28,29)26-15-5-3-14(4-6-15)8-9-21)10-17(13)18-11-23-20-19(22)24-12-25-27(18)20;3-2(4,5)1(6)7/h2,7,10-12,14-15,26H,3-6,8H2,1H3,(H2,22,24,25);(H,6,7)/t14-,15-;. The van der Waals surface area contributed by atoms with Crippen molar-refractivity contribution in [3.8, 4) is 17.3 Å². The number of carboxylic acids is 1. The average Bonchev–Trinajstić information content (AvgIpc) is 3.26. The zero-order valence-electron chi connectivity index (χ0n) is 19.6. The summed E-state index contributed by atoms with van der Waals surface area (Å²) in [5.74, 6) is -2.13. The zero-order valence-corrected chi connectivity index (χ0v) is 20.4. The number of aryl methyl sites for hydroxylation is 1. The van der Waals surface area contributed by atoms with Crippen LogP contribution in [0.4, 0.5) is 19.0 Å². The molecule has 1 aromatic carbocycles. The third-order valence-corrected chi connectivity index (χ3v) is 7.44. The van der Waals surface area contributed by atoms with Gasteiger partial charge in [0.1, 0.15) is 6.33 Å². The van der Waals surface area contributed by atoms with Crippen molar-refractivity contribution < 1.29 is 31.5 Å². The molecule has 0 bridgehead atoms. The molecular weight excluding hydrogens is 515 g/mol. The van der Waals surface area contributed by atoms with Crippen LogP contribution in [0.1, 0.15) is 37.7 Å². The highest BCUT2D eigenvalue weighted by Crippen LogP contribution is 2.30. The number of nitrogens with two attached hydrogens (primary N) is 1. The Morgan fingerprint density at radius 2 is 1.92 bits per heavy atom. The van der Waals surface area contributed by atoms with Gasteiger partial charge in [0.2, 0.25) is 10.0 Å². The Labute approximate surface area is 210 Å². The first-order valence-corrected chi connectivity index (χ1v) is 12.6. The summed E-state index contributed by atoms with van der Waals surface area (Å²) in [5.41, 5.74) is 8.53. The SMILES string of the molecule is Cc1ccc(S(=O)(=O)N[C@H]2CC[C@H](CC#N)CC2)cc1-c1cnc2c(N)ncnn12.O=C(O)C(F)(F)F. The summed E-state index contributed by atoms with van der Waals surface area (Å²) in [4.78, 5) is 17.3. The quantitative estimate of drug-likeness (QED) is 0.440. The van der Waals surface area contributed by atoms with Crippen molar-refractivity contribution in [2.24, 2.45) is 5.92 Å². The topological polar surface area (TPSA) is 176 Å². The summed E-state index contributed by atoms with van der Waals surface area (Å²) in [6.07, 6.45) is 1.62. The van der Waals surface area contributed by atoms with Crippen LogP contribution in [0, 0.1) is 24.2 Å². The lowest BCUT2D eigenvalue weighted by Gasteiger charge is -2.27. The van der Waals surface area contributed by atoms with Crippen molar-refractivity contribution in [1.82, 2.24) is 24.3 Å². The Bertz CT molecular complexity index is 1430. The number of rotatable bonds is 5. The number of aromatic nitrogens is 4. The van der Waals surface area contributed by atoms with Crippen LogP contribution in [0.2, 0.25) is 0 Å². The number of hydrogen-bond acceptors (Lipinski definition) is 8. The number of alkyl halides is 3. The van der Waals surface area contributed by atoms with Crippen molar-refractivity contribution >= 4 is 27.5 Å². The molecule has 11 nitrogen and oxygen atoms in total. The van der Waals surface area contributed by atoms with E-state index < -0.39 is 22.2 Å². The lowest BCUT2D eigenvalue weighted by atomic mass is 9.85. The van der Waals surface area contributed by atoms with Crippen LogP contribution in [0.15, 0.2) is 35.6 Å². The van der Waals surface area contributed by atoms with Crippen molar-refractivity contribution in [2.45, 2.75) is 56.1 Å². The average molecular weight is 540 g/mol. The molecule has 198 valence electrons. The Kier molecular flexibility index (Phi) is 8.34. The highest BCUT2D eigenvalue weighted by atomic mass is 32.2. The van der Waals surface area contributed by atoms with Crippen LogP contribution in [-0.2, 0) is 14.8 Å². The number of benzene rings is 1. The van der Waals surface area contributed by atoms with Crippen LogP contribution < -0.4 is 10.5 Å². The maximum atomic E-state index is 13.0. The molecule has 2 aromatic heterocycles. The third-order valence-electron chi connectivity index (χ3n) is 5.92. The van der Waals surface area contributed by atoms with Crippen molar-refractivity contribution in [2.75, 3.05) is 5.73 Å². The summed E-state index contributed by atoms with van der Waals surface area (Å²) in [5, 5.41) is 20.2. The smallest absolute Gasteiger partial charge is 0.475 e. The molecule has 4 rings (SSSR count). The predicted octanol–water partition coefficient (Wildman–Crippen LogP) is 3.07. The molecule has 0 spiro atoms. The number of nitrogen functional groups attached to an aromatic ring is 1. The molecular formula is C22H24F3N7O4S. The number of nitrogens with zero attached hydrogens (tertiary/aromatic N) is 5. The predicted molar refractivity (Wildman–Crippen MR) is 125 cm³/mol. The number of hydrogen-bond donors (Lipinski definition) is 3. The number of anilines is 1. The molecule has 0 atom stereocenters. The van der Waals surface area contributed by atoms with Crippen LogP contribution in [0.3, 0.4) is 0 Å². The largest absolute Gasteiger partial charge is 0.490 e. The number of sulfonamides is 1. The van der Waals surface area contributed by atoms with Gasteiger partial charge in [0.05, 0.1) is 22.9 Å². The summed E-state index contributed by atoms with van der Waals surface area (Å²) in [6.45, 7) is 1.90. The molecule has 0 radical (unpaired) electrons. The number of carbonyl (C=O) groups is 1. The number of fused-ring (bicyclic) bond motifs is 1. The Hall–Kier alpha value is -3.77. The van der Waals surface area contributed by atoms with E-state index >= 15 is 0 Å². The molecule has 0 amide bonds. The second kappa shape index (κ2) is 11.1. The number of halogens is 3. The van der Waals surface area contributed by atoms with Gasteiger partial charge >= 0.3 is 12.1 Å². The van der Waals surface area contributed by atoms with Crippen molar-refractivity contribution in [1.29, 1.82) is 5.26 Å². The van der Waals surface area contributed by atoms with Crippen LogP contribution in [0.25, 0.3) is 16.9 Å². The summed E-state index contributed by atoms with van der Waals surface area (Å²) in [6, 6.07) is 7.11. The monoisotopic (exact) mass is 539 g/mol. The second-order valence-electron chi connectivity index (χ2n) is 8.50. The fraction of sp³-hybridized carbons (Fsp3) is 0.409. The molecule has 2 heterocycles. The molecule has 37 heavy (non-hydrogen) atoms. The molecule has 0 unspecified atom stereocenters. The van der Waals surface area contributed by atoms with Gasteiger partial charge in [-0.25, -0.2) is 32.4 Å². The minimum atomic E-state index is -5.08. The van der Waals surface area contributed by atoms with E-state index in [9.17, 15) is 21.6 Å². The fourth-order valence-electron chi connectivity index (χ4n) is 3.96. The van der Waals surface area contributed by atoms with Gasteiger partial charge < -0.3 is 10.8 Å². The van der Waals surface area contributed by atoms with Crippen LogP contribution in [-0.4, -0.2) is 51.3 Å².